The SMILES string of the molecule is O=c1c2cc(Br)ccc2nc(-c2ccc(F)cc2)n1N=Cc1cccc(Cl)c1. The summed E-state index contributed by atoms with van der Waals surface area (Å²) in [5, 5.41) is 5.33. The molecule has 0 saturated carbocycles. The summed E-state index contributed by atoms with van der Waals surface area (Å²) in [5.41, 5.74) is 1.51. The lowest BCUT2D eigenvalue weighted by atomic mass is 10.2. The van der Waals surface area contributed by atoms with Gasteiger partial charge in [0.2, 0.25) is 0 Å². The lowest BCUT2D eigenvalue weighted by Crippen LogP contribution is -2.20. The number of nitrogens with zero attached hydrogens (tertiary/aromatic N) is 3. The van der Waals surface area contributed by atoms with Crippen molar-refractivity contribution >= 4 is 44.6 Å². The maximum absolute atomic E-state index is 13.4. The first-order valence-electron chi connectivity index (χ1n) is 8.29. The molecule has 0 amide bonds. The number of aromatic nitrogens is 2. The van der Waals surface area contributed by atoms with Crippen molar-refractivity contribution in [3.8, 4) is 11.4 Å². The van der Waals surface area contributed by atoms with E-state index in [1.807, 2.05) is 12.1 Å². The van der Waals surface area contributed by atoms with Crippen LogP contribution in [0.3, 0.4) is 0 Å². The van der Waals surface area contributed by atoms with Crippen LogP contribution in [0.4, 0.5) is 4.39 Å². The summed E-state index contributed by atoms with van der Waals surface area (Å²) in [4.78, 5) is 17.7. The van der Waals surface area contributed by atoms with Crippen molar-refractivity contribution in [2.45, 2.75) is 0 Å². The summed E-state index contributed by atoms with van der Waals surface area (Å²) < 4.78 is 15.3. The molecule has 3 aromatic carbocycles. The van der Waals surface area contributed by atoms with E-state index in [2.05, 4.69) is 26.0 Å². The Labute approximate surface area is 173 Å². The highest BCUT2D eigenvalue weighted by molar-refractivity contribution is 9.10. The fourth-order valence-corrected chi connectivity index (χ4v) is 3.31. The summed E-state index contributed by atoms with van der Waals surface area (Å²) in [6.45, 7) is 0. The molecule has 1 heterocycles. The topological polar surface area (TPSA) is 47.2 Å². The minimum atomic E-state index is -0.371. The van der Waals surface area contributed by atoms with Crippen molar-refractivity contribution < 1.29 is 4.39 Å². The van der Waals surface area contributed by atoms with E-state index in [-0.39, 0.29) is 11.4 Å². The zero-order chi connectivity index (χ0) is 19.7. The highest BCUT2D eigenvalue weighted by Gasteiger charge is 2.13. The van der Waals surface area contributed by atoms with E-state index in [9.17, 15) is 9.18 Å². The van der Waals surface area contributed by atoms with Crippen LogP contribution in [0, 0.1) is 5.82 Å². The molecule has 28 heavy (non-hydrogen) atoms. The van der Waals surface area contributed by atoms with E-state index < -0.39 is 0 Å². The van der Waals surface area contributed by atoms with Crippen molar-refractivity contribution in [3.63, 3.8) is 0 Å². The molecule has 0 fully saturated rings. The molecule has 0 spiro atoms. The molecule has 7 heteroatoms. The van der Waals surface area contributed by atoms with E-state index >= 15 is 0 Å². The molecule has 138 valence electrons. The molecule has 4 aromatic rings. The number of fused-ring (bicyclic) bond motifs is 1. The Morgan fingerprint density at radius 2 is 1.86 bits per heavy atom. The maximum atomic E-state index is 13.4. The second kappa shape index (κ2) is 7.66. The quantitative estimate of drug-likeness (QED) is 0.382. The second-order valence-corrected chi connectivity index (χ2v) is 7.37. The number of hydrogen-bond acceptors (Lipinski definition) is 3. The molecule has 0 radical (unpaired) electrons. The standard InChI is InChI=1S/C21H12BrClFN3O/c22-15-6-9-19-18(11-15)21(28)27(25-12-13-2-1-3-16(23)10-13)20(26-19)14-4-7-17(24)8-5-14/h1-12H. The summed E-state index contributed by atoms with van der Waals surface area (Å²) in [6.07, 6.45) is 1.53. The molecule has 0 aliphatic heterocycles. The molecule has 0 saturated heterocycles. The molecule has 0 N–H and O–H groups in total. The number of benzene rings is 3. The first-order valence-corrected chi connectivity index (χ1v) is 9.46. The molecule has 4 rings (SSSR count). The van der Waals surface area contributed by atoms with Crippen molar-refractivity contribution in [3.05, 3.63) is 98.0 Å². The van der Waals surface area contributed by atoms with Gasteiger partial charge in [-0.05, 0) is 60.2 Å². The average molecular weight is 457 g/mol. The number of hydrogen-bond donors (Lipinski definition) is 0. The Morgan fingerprint density at radius 1 is 1.07 bits per heavy atom. The maximum Gasteiger partial charge on any atom is 0.282 e. The van der Waals surface area contributed by atoms with Gasteiger partial charge in [0, 0.05) is 15.1 Å². The third kappa shape index (κ3) is 3.74. The minimum absolute atomic E-state index is 0.318. The van der Waals surface area contributed by atoms with Gasteiger partial charge >= 0.3 is 0 Å². The van der Waals surface area contributed by atoms with Gasteiger partial charge in [-0.3, -0.25) is 4.79 Å². The monoisotopic (exact) mass is 455 g/mol. The van der Waals surface area contributed by atoms with Crippen LogP contribution in [0.2, 0.25) is 5.02 Å². The van der Waals surface area contributed by atoms with Gasteiger partial charge in [-0.2, -0.15) is 9.78 Å². The van der Waals surface area contributed by atoms with Crippen LogP contribution in [-0.2, 0) is 0 Å². The highest BCUT2D eigenvalue weighted by Crippen LogP contribution is 2.21. The van der Waals surface area contributed by atoms with Crippen LogP contribution in [0.1, 0.15) is 5.56 Å². The van der Waals surface area contributed by atoms with Gasteiger partial charge in [-0.1, -0.05) is 39.7 Å². The van der Waals surface area contributed by atoms with Crippen molar-refractivity contribution in [2.24, 2.45) is 5.10 Å². The lowest BCUT2D eigenvalue weighted by Gasteiger charge is -2.10. The largest absolute Gasteiger partial charge is 0.282 e. The smallest absolute Gasteiger partial charge is 0.267 e. The van der Waals surface area contributed by atoms with Crippen LogP contribution < -0.4 is 5.56 Å². The molecule has 0 aliphatic carbocycles. The van der Waals surface area contributed by atoms with E-state index in [4.69, 9.17) is 11.6 Å². The van der Waals surface area contributed by atoms with Crippen LogP contribution in [0.15, 0.2) is 81.1 Å². The third-order valence-electron chi connectivity index (χ3n) is 4.08. The summed E-state index contributed by atoms with van der Waals surface area (Å²) >= 11 is 9.39. The van der Waals surface area contributed by atoms with Gasteiger partial charge in [0.1, 0.15) is 5.82 Å². The molecule has 4 nitrogen and oxygen atoms in total. The zero-order valence-corrected chi connectivity index (χ0v) is 16.7. The third-order valence-corrected chi connectivity index (χ3v) is 4.81. The van der Waals surface area contributed by atoms with Crippen LogP contribution in [0.5, 0.6) is 0 Å². The number of halogens is 3. The Kier molecular flexibility index (Phi) is 5.07. The predicted octanol–water partition coefficient (Wildman–Crippen LogP) is 5.50. The molecule has 0 aliphatic rings. The van der Waals surface area contributed by atoms with E-state index in [1.165, 1.54) is 23.0 Å². The molecule has 1 aromatic heterocycles. The fraction of sp³-hybridized carbons (Fsp3) is 0. The Bertz CT molecular complexity index is 1270. The number of rotatable bonds is 3. The summed E-state index contributed by atoms with van der Waals surface area (Å²) in [6, 6.07) is 18.1. The summed E-state index contributed by atoms with van der Waals surface area (Å²) in [7, 11) is 0. The van der Waals surface area contributed by atoms with Gasteiger partial charge in [-0.25, -0.2) is 9.37 Å². The average Bonchev–Trinajstić information content (AvgIpc) is 2.68. The Hall–Kier alpha value is -2.83. The van der Waals surface area contributed by atoms with Gasteiger partial charge in [0.05, 0.1) is 17.1 Å². The van der Waals surface area contributed by atoms with E-state index in [1.54, 1.807) is 42.5 Å². The minimum Gasteiger partial charge on any atom is -0.267 e. The van der Waals surface area contributed by atoms with E-state index in [0.29, 0.717) is 27.3 Å². The Balaban J connectivity index is 1.95. The molecular formula is C21H12BrClFN3O. The van der Waals surface area contributed by atoms with Gasteiger partial charge in [-0.15, -0.1) is 0 Å². The second-order valence-electron chi connectivity index (χ2n) is 6.02. The first kappa shape index (κ1) is 18.5. The van der Waals surface area contributed by atoms with Crippen molar-refractivity contribution in [2.75, 3.05) is 0 Å². The van der Waals surface area contributed by atoms with Gasteiger partial charge in [0.25, 0.3) is 5.56 Å². The van der Waals surface area contributed by atoms with Crippen LogP contribution >= 0.6 is 27.5 Å². The normalized spacial score (nSPS) is 11.4. The zero-order valence-electron chi connectivity index (χ0n) is 14.3. The molecule has 0 bridgehead atoms. The van der Waals surface area contributed by atoms with E-state index in [0.717, 1.165) is 10.0 Å². The Morgan fingerprint density at radius 3 is 2.61 bits per heavy atom. The van der Waals surface area contributed by atoms with Crippen molar-refractivity contribution in [1.82, 2.24) is 9.66 Å². The molecule has 0 unspecified atom stereocenters. The predicted molar refractivity (Wildman–Crippen MR) is 114 cm³/mol. The highest BCUT2D eigenvalue weighted by atomic mass is 79.9. The van der Waals surface area contributed by atoms with Crippen LogP contribution in [0.25, 0.3) is 22.3 Å². The summed E-state index contributed by atoms with van der Waals surface area (Å²) in [5.74, 6) is -0.0529. The van der Waals surface area contributed by atoms with Crippen LogP contribution in [-0.4, -0.2) is 15.9 Å². The van der Waals surface area contributed by atoms with Gasteiger partial charge in [0.15, 0.2) is 5.82 Å². The first-order chi connectivity index (χ1) is 13.5. The lowest BCUT2D eigenvalue weighted by molar-refractivity contribution is 0.628. The van der Waals surface area contributed by atoms with Crippen molar-refractivity contribution in [1.29, 1.82) is 0 Å². The molecule has 0 atom stereocenters. The fourth-order valence-electron chi connectivity index (χ4n) is 2.75. The van der Waals surface area contributed by atoms with Gasteiger partial charge < -0.3 is 0 Å². The molecular weight excluding hydrogens is 445 g/mol.